The molecule has 0 aliphatic heterocycles. The molecule has 0 spiro atoms. The average Bonchev–Trinajstić information content (AvgIpc) is 2.53. The minimum atomic E-state index is 0.118. The number of thiocarbonyl (C=S) groups is 1. The molecule has 5 nitrogen and oxygen atoms in total. The molecule has 7 heteroatoms. The van der Waals surface area contributed by atoms with Crippen LogP contribution in [0.25, 0.3) is 0 Å². The van der Waals surface area contributed by atoms with Gasteiger partial charge in [0.15, 0.2) is 5.11 Å². The van der Waals surface area contributed by atoms with Crippen molar-refractivity contribution in [3.63, 3.8) is 0 Å². The molecule has 0 aromatic heterocycles. The third kappa shape index (κ3) is 5.54. The van der Waals surface area contributed by atoms with Crippen molar-refractivity contribution in [2.45, 2.75) is 6.61 Å². The molecule has 0 saturated heterocycles. The standard InChI is InChI=1S/C16H16BrN3O2S/c1-21-15-6-5-11(9-19-20-16(18)23)7-12(15)10-22-14-4-2-3-13(17)8-14/h2-9H,10H2,1H3,(H3,18,20,23). The third-order valence-electron chi connectivity index (χ3n) is 2.88. The minimum absolute atomic E-state index is 0.118. The predicted octanol–water partition coefficient (Wildman–Crippen LogP) is 3.20. The summed E-state index contributed by atoms with van der Waals surface area (Å²) in [5, 5.41) is 4.06. The van der Waals surface area contributed by atoms with Gasteiger partial charge in [-0.05, 0) is 54.2 Å². The second-order valence-corrected chi connectivity index (χ2v) is 5.91. The highest BCUT2D eigenvalue weighted by Crippen LogP contribution is 2.23. The van der Waals surface area contributed by atoms with E-state index in [0.29, 0.717) is 6.61 Å². The summed E-state index contributed by atoms with van der Waals surface area (Å²) in [7, 11) is 1.63. The maximum atomic E-state index is 5.80. The quantitative estimate of drug-likeness (QED) is 0.448. The number of hydrogen-bond acceptors (Lipinski definition) is 4. The van der Waals surface area contributed by atoms with E-state index in [1.807, 2.05) is 42.5 Å². The van der Waals surface area contributed by atoms with Gasteiger partial charge in [-0.3, -0.25) is 5.43 Å². The van der Waals surface area contributed by atoms with Gasteiger partial charge in [0.2, 0.25) is 0 Å². The van der Waals surface area contributed by atoms with Crippen LogP contribution in [-0.2, 0) is 6.61 Å². The van der Waals surface area contributed by atoms with Gasteiger partial charge in [-0.15, -0.1) is 0 Å². The van der Waals surface area contributed by atoms with Crippen LogP contribution in [0.5, 0.6) is 11.5 Å². The number of halogens is 1. The Bertz CT molecular complexity index is 722. The van der Waals surface area contributed by atoms with E-state index in [9.17, 15) is 0 Å². The number of ether oxygens (including phenoxy) is 2. The molecule has 0 atom stereocenters. The third-order valence-corrected chi connectivity index (χ3v) is 3.47. The van der Waals surface area contributed by atoms with Crippen molar-refractivity contribution < 1.29 is 9.47 Å². The fourth-order valence-corrected chi connectivity index (χ4v) is 2.31. The first kappa shape index (κ1) is 17.2. The minimum Gasteiger partial charge on any atom is -0.496 e. The maximum absolute atomic E-state index is 5.80. The molecule has 2 aromatic carbocycles. The van der Waals surface area contributed by atoms with Crippen LogP contribution >= 0.6 is 28.1 Å². The summed E-state index contributed by atoms with van der Waals surface area (Å²) in [5.74, 6) is 1.52. The van der Waals surface area contributed by atoms with Crippen LogP contribution in [0.1, 0.15) is 11.1 Å². The largest absolute Gasteiger partial charge is 0.496 e. The van der Waals surface area contributed by atoms with Crippen molar-refractivity contribution in [3.8, 4) is 11.5 Å². The van der Waals surface area contributed by atoms with Crippen molar-refractivity contribution >= 4 is 39.5 Å². The summed E-state index contributed by atoms with van der Waals surface area (Å²) in [6, 6.07) is 13.3. The van der Waals surface area contributed by atoms with Crippen LogP contribution in [0, 0.1) is 0 Å². The Hall–Kier alpha value is -2.12. The second-order valence-electron chi connectivity index (χ2n) is 4.55. The van der Waals surface area contributed by atoms with E-state index in [1.54, 1.807) is 13.3 Å². The number of hydrazone groups is 1. The first-order valence-electron chi connectivity index (χ1n) is 6.72. The van der Waals surface area contributed by atoms with E-state index in [2.05, 4.69) is 26.5 Å². The lowest BCUT2D eigenvalue weighted by atomic mass is 10.1. The van der Waals surface area contributed by atoms with E-state index in [1.165, 1.54) is 0 Å². The lowest BCUT2D eigenvalue weighted by Gasteiger charge is -2.11. The highest BCUT2D eigenvalue weighted by Gasteiger charge is 2.05. The van der Waals surface area contributed by atoms with Gasteiger partial charge in [0, 0.05) is 10.0 Å². The van der Waals surface area contributed by atoms with Crippen molar-refractivity contribution in [1.29, 1.82) is 0 Å². The van der Waals surface area contributed by atoms with E-state index in [-0.39, 0.29) is 5.11 Å². The summed E-state index contributed by atoms with van der Waals surface area (Å²) in [6.07, 6.45) is 1.63. The first-order chi connectivity index (χ1) is 11.1. The molecule has 0 unspecified atom stereocenters. The Kier molecular flexibility index (Phi) is 6.37. The van der Waals surface area contributed by atoms with Crippen LogP contribution < -0.4 is 20.6 Å². The average molecular weight is 394 g/mol. The molecular weight excluding hydrogens is 378 g/mol. The molecule has 0 fully saturated rings. The van der Waals surface area contributed by atoms with E-state index in [0.717, 1.165) is 27.1 Å². The van der Waals surface area contributed by atoms with Crippen LogP contribution in [-0.4, -0.2) is 18.4 Å². The Labute approximate surface area is 148 Å². The molecule has 23 heavy (non-hydrogen) atoms. The highest BCUT2D eigenvalue weighted by molar-refractivity contribution is 9.10. The molecule has 120 valence electrons. The molecule has 3 N–H and O–H groups in total. The summed E-state index contributed by atoms with van der Waals surface area (Å²) >= 11 is 8.11. The number of rotatable bonds is 6. The lowest BCUT2D eigenvalue weighted by molar-refractivity contribution is 0.296. The van der Waals surface area contributed by atoms with Gasteiger partial charge in [-0.2, -0.15) is 5.10 Å². The van der Waals surface area contributed by atoms with E-state index in [4.69, 9.17) is 27.4 Å². The van der Waals surface area contributed by atoms with Crippen LogP contribution in [0.3, 0.4) is 0 Å². The second kappa shape index (κ2) is 8.50. The predicted molar refractivity (Wildman–Crippen MR) is 99.0 cm³/mol. The van der Waals surface area contributed by atoms with Gasteiger partial charge in [-0.1, -0.05) is 22.0 Å². The smallest absolute Gasteiger partial charge is 0.184 e. The molecular formula is C16H16BrN3O2S. The SMILES string of the molecule is COc1ccc(C=NNC(N)=S)cc1COc1cccc(Br)c1. The topological polar surface area (TPSA) is 68.9 Å². The number of benzene rings is 2. The van der Waals surface area contributed by atoms with Crippen molar-refractivity contribution in [2.75, 3.05) is 7.11 Å². The molecule has 0 radical (unpaired) electrons. The summed E-state index contributed by atoms with van der Waals surface area (Å²) in [5.41, 5.74) is 9.62. The van der Waals surface area contributed by atoms with Gasteiger partial charge >= 0.3 is 0 Å². The zero-order chi connectivity index (χ0) is 16.7. The number of nitrogens with one attached hydrogen (secondary N) is 1. The van der Waals surface area contributed by atoms with E-state index < -0.39 is 0 Å². The molecule has 0 aliphatic carbocycles. The zero-order valence-electron chi connectivity index (χ0n) is 12.5. The summed E-state index contributed by atoms with van der Waals surface area (Å²) in [6.45, 7) is 0.379. The molecule has 0 saturated carbocycles. The normalized spacial score (nSPS) is 10.5. The fraction of sp³-hybridized carbons (Fsp3) is 0.125. The number of nitrogens with zero attached hydrogens (tertiary/aromatic N) is 1. The monoisotopic (exact) mass is 393 g/mol. The van der Waals surface area contributed by atoms with Crippen LogP contribution in [0.15, 0.2) is 52.0 Å². The molecule has 0 amide bonds. The van der Waals surface area contributed by atoms with Gasteiger partial charge < -0.3 is 15.2 Å². The van der Waals surface area contributed by atoms with Gasteiger partial charge in [-0.25, -0.2) is 0 Å². The van der Waals surface area contributed by atoms with Gasteiger partial charge in [0.25, 0.3) is 0 Å². The zero-order valence-corrected chi connectivity index (χ0v) is 14.9. The van der Waals surface area contributed by atoms with Crippen molar-refractivity contribution in [3.05, 3.63) is 58.1 Å². The Morgan fingerprint density at radius 3 is 2.87 bits per heavy atom. The summed E-state index contributed by atoms with van der Waals surface area (Å²) in [4.78, 5) is 0. The summed E-state index contributed by atoms with van der Waals surface area (Å²) < 4.78 is 12.1. The molecule has 0 heterocycles. The molecule has 2 aromatic rings. The van der Waals surface area contributed by atoms with Crippen LogP contribution in [0.4, 0.5) is 0 Å². The van der Waals surface area contributed by atoms with Crippen LogP contribution in [0.2, 0.25) is 0 Å². The lowest BCUT2D eigenvalue weighted by Crippen LogP contribution is -2.24. The van der Waals surface area contributed by atoms with Crippen molar-refractivity contribution in [1.82, 2.24) is 5.43 Å². The Balaban J connectivity index is 2.12. The van der Waals surface area contributed by atoms with Gasteiger partial charge in [0.1, 0.15) is 18.1 Å². The molecule has 0 aliphatic rings. The molecule has 2 rings (SSSR count). The molecule has 0 bridgehead atoms. The van der Waals surface area contributed by atoms with E-state index >= 15 is 0 Å². The first-order valence-corrected chi connectivity index (χ1v) is 7.92. The number of hydrogen-bond donors (Lipinski definition) is 2. The Morgan fingerprint density at radius 1 is 1.35 bits per heavy atom. The van der Waals surface area contributed by atoms with Crippen molar-refractivity contribution in [2.24, 2.45) is 10.8 Å². The maximum Gasteiger partial charge on any atom is 0.184 e. The number of methoxy groups -OCH3 is 1. The Morgan fingerprint density at radius 2 is 2.17 bits per heavy atom. The highest BCUT2D eigenvalue weighted by atomic mass is 79.9. The van der Waals surface area contributed by atoms with Gasteiger partial charge in [0.05, 0.1) is 13.3 Å². The fourth-order valence-electron chi connectivity index (χ4n) is 1.88. The number of nitrogens with two attached hydrogens (primary N) is 1.